The van der Waals surface area contributed by atoms with Crippen molar-refractivity contribution >= 4 is 34.2 Å². The van der Waals surface area contributed by atoms with Crippen LogP contribution in [0.2, 0.25) is 0 Å². The van der Waals surface area contributed by atoms with E-state index < -0.39 is 18.0 Å². The number of halogens is 2. The van der Waals surface area contributed by atoms with Gasteiger partial charge in [-0.3, -0.25) is 19.0 Å². The quantitative estimate of drug-likeness (QED) is 0.0635. The molecule has 14 nitrogen and oxygen atoms in total. The molecule has 0 spiro atoms. The van der Waals surface area contributed by atoms with Crippen LogP contribution in [0, 0.1) is 23.7 Å². The standard InChI is InChI=1S/C58H67F2N11O3/c1-68(34-42-10-17-49(18-11-42)70-36-50(54(67-70)55(59)60)65-56(72)51-37-74-57(66-51)47-20-24-62-53(29-47)63-32-41-2-3-41)25-21-38-22-26-69(27-23-38)58(73)45-14-8-40(9-15-45)31-61-30-39-6-12-44(13-7-39)46-16-19-52-48(28-46)33-64-71(52)35-43-4-5-43/h6-9,12-16,19-20,24,28-29,33,36-38,41-43,49,55,61H,2-5,10-11,17-18,21-23,25-27,30-32,34-35H2,1H3,(H,62,63)(H,65,72). The van der Waals surface area contributed by atoms with Crippen molar-refractivity contribution in [2.24, 2.45) is 23.7 Å². The van der Waals surface area contributed by atoms with Gasteiger partial charge in [0.05, 0.1) is 23.4 Å². The summed E-state index contributed by atoms with van der Waals surface area (Å²) in [5.41, 5.74) is 6.89. The van der Waals surface area contributed by atoms with Crippen molar-refractivity contribution < 1.29 is 22.8 Å². The number of pyridine rings is 1. The molecule has 0 unspecified atom stereocenters. The van der Waals surface area contributed by atoms with Crippen LogP contribution < -0.4 is 16.0 Å². The van der Waals surface area contributed by atoms with Gasteiger partial charge in [-0.25, -0.2) is 18.7 Å². The van der Waals surface area contributed by atoms with Crippen LogP contribution in [-0.2, 0) is 19.6 Å². The van der Waals surface area contributed by atoms with E-state index in [1.54, 1.807) is 16.9 Å². The van der Waals surface area contributed by atoms with E-state index in [4.69, 9.17) is 4.42 Å². The molecule has 0 atom stereocenters. The van der Waals surface area contributed by atoms with Crippen LogP contribution in [0.3, 0.4) is 0 Å². The van der Waals surface area contributed by atoms with Gasteiger partial charge in [-0.15, -0.1) is 0 Å². The summed E-state index contributed by atoms with van der Waals surface area (Å²) in [7, 11) is 2.19. The first-order chi connectivity index (χ1) is 36.1. The maximum absolute atomic E-state index is 14.2. The number of fused-ring (bicyclic) bond motifs is 1. The van der Waals surface area contributed by atoms with E-state index in [1.807, 2.05) is 29.3 Å². The number of rotatable bonds is 21. The summed E-state index contributed by atoms with van der Waals surface area (Å²) in [5.74, 6) is 2.95. The highest BCUT2D eigenvalue weighted by Gasteiger charge is 2.30. The van der Waals surface area contributed by atoms with Gasteiger partial charge in [-0.2, -0.15) is 10.2 Å². The molecule has 3 aliphatic carbocycles. The van der Waals surface area contributed by atoms with Gasteiger partial charge in [0, 0.05) is 74.7 Å². The van der Waals surface area contributed by atoms with Crippen molar-refractivity contribution in [3.8, 4) is 22.6 Å². The Bertz CT molecular complexity index is 3020. The number of nitrogens with one attached hydrogen (secondary N) is 3. The molecule has 1 saturated heterocycles. The number of nitrogens with zero attached hydrogens (tertiary/aromatic N) is 8. The smallest absolute Gasteiger partial charge is 0.284 e. The minimum Gasteiger partial charge on any atom is -0.444 e. The number of hydrogen-bond donors (Lipinski definition) is 3. The first-order valence-corrected chi connectivity index (χ1v) is 26.8. The molecule has 1 aliphatic heterocycles. The fourth-order valence-electron chi connectivity index (χ4n) is 10.8. The fraction of sp³-hybridized carbons (Fsp3) is 0.448. The molecular weight excluding hydrogens is 937 g/mol. The van der Waals surface area contributed by atoms with Crippen LogP contribution in [0.4, 0.5) is 20.3 Å². The number of oxazole rings is 1. The molecule has 7 aromatic rings. The molecule has 4 aliphatic rings. The lowest BCUT2D eigenvalue weighted by Gasteiger charge is -2.34. The van der Waals surface area contributed by atoms with Crippen molar-refractivity contribution in [2.45, 2.75) is 103 Å². The van der Waals surface area contributed by atoms with Crippen LogP contribution >= 0.6 is 0 Å². The molecule has 74 heavy (non-hydrogen) atoms. The molecule has 16 heteroatoms. The van der Waals surface area contributed by atoms with E-state index in [9.17, 15) is 18.4 Å². The number of benzene rings is 3. The number of alkyl halides is 2. The van der Waals surface area contributed by atoms with Crippen molar-refractivity contribution in [1.82, 2.24) is 44.6 Å². The first kappa shape index (κ1) is 49.4. The highest BCUT2D eigenvalue weighted by molar-refractivity contribution is 6.03. The topological polar surface area (TPSA) is 151 Å². The van der Waals surface area contributed by atoms with Crippen molar-refractivity contribution in [1.29, 1.82) is 0 Å². The largest absolute Gasteiger partial charge is 0.444 e. The third kappa shape index (κ3) is 12.2. The molecule has 11 rings (SSSR count). The number of anilines is 2. The number of likely N-dealkylation sites (tertiary alicyclic amines) is 1. The van der Waals surface area contributed by atoms with Gasteiger partial charge < -0.3 is 30.2 Å². The Balaban J connectivity index is 0.575. The highest BCUT2D eigenvalue weighted by atomic mass is 19.3. The van der Waals surface area contributed by atoms with Gasteiger partial charge in [-0.05, 0) is 167 Å². The minimum absolute atomic E-state index is 0.0172. The van der Waals surface area contributed by atoms with E-state index in [-0.39, 0.29) is 29.2 Å². The number of aromatic nitrogens is 6. The lowest BCUT2D eigenvalue weighted by atomic mass is 9.85. The van der Waals surface area contributed by atoms with Gasteiger partial charge >= 0.3 is 0 Å². The number of piperidine rings is 1. The summed E-state index contributed by atoms with van der Waals surface area (Å²) in [6, 6.07) is 27.0. The molecule has 4 fully saturated rings. The first-order valence-electron chi connectivity index (χ1n) is 26.8. The summed E-state index contributed by atoms with van der Waals surface area (Å²) in [6.07, 6.45) is 15.3. The van der Waals surface area contributed by atoms with E-state index in [0.29, 0.717) is 29.1 Å². The summed E-state index contributed by atoms with van der Waals surface area (Å²) < 4.78 is 37.8. The summed E-state index contributed by atoms with van der Waals surface area (Å²) in [4.78, 5) is 39.9. The summed E-state index contributed by atoms with van der Waals surface area (Å²) >= 11 is 0. The maximum atomic E-state index is 14.2. The number of carbonyl (C=O) groups is 2. The molecule has 2 amide bonds. The van der Waals surface area contributed by atoms with Crippen molar-refractivity contribution in [2.75, 3.05) is 50.4 Å². The van der Waals surface area contributed by atoms with Gasteiger partial charge in [0.2, 0.25) is 5.89 Å². The molecular formula is C58H67F2N11O3. The van der Waals surface area contributed by atoms with Gasteiger partial charge in [-0.1, -0.05) is 42.5 Å². The average Bonchev–Trinajstić information content (AvgIpc) is 4.29. The van der Waals surface area contributed by atoms with Crippen molar-refractivity contribution in [3.05, 3.63) is 132 Å². The Labute approximate surface area is 431 Å². The van der Waals surface area contributed by atoms with Crippen LogP contribution in [0.25, 0.3) is 33.5 Å². The van der Waals surface area contributed by atoms with Crippen molar-refractivity contribution in [3.63, 3.8) is 0 Å². The zero-order valence-corrected chi connectivity index (χ0v) is 42.3. The van der Waals surface area contributed by atoms with Gasteiger partial charge in [0.1, 0.15) is 12.1 Å². The molecule has 3 N–H and O–H groups in total. The van der Waals surface area contributed by atoms with E-state index in [0.717, 1.165) is 114 Å². The average molecular weight is 1000 g/mol. The fourth-order valence-corrected chi connectivity index (χ4v) is 10.8. The minimum atomic E-state index is -2.86. The maximum Gasteiger partial charge on any atom is 0.284 e. The highest BCUT2D eigenvalue weighted by Crippen LogP contribution is 2.37. The predicted molar refractivity (Wildman–Crippen MR) is 283 cm³/mol. The van der Waals surface area contributed by atoms with E-state index >= 15 is 0 Å². The summed E-state index contributed by atoms with van der Waals surface area (Å²) in [6.45, 7) is 6.89. The zero-order chi connectivity index (χ0) is 50.5. The number of carbonyl (C=O) groups excluding carboxylic acids is 2. The Morgan fingerprint density at radius 3 is 2.24 bits per heavy atom. The second-order valence-corrected chi connectivity index (χ2v) is 21.5. The SMILES string of the molecule is CN(CCC1CCN(C(=O)c2ccc(CNCc3ccc(-c4ccc5c(cnn5CC5CC5)c4)cc3)cc2)CC1)CC1CCC(n2cc(NC(=O)c3coc(-c4ccnc(NCC5CC5)c4)n3)c(C(F)F)n2)CC1. The third-order valence-electron chi connectivity index (χ3n) is 15.7. The zero-order valence-electron chi connectivity index (χ0n) is 42.3. The lowest BCUT2D eigenvalue weighted by Crippen LogP contribution is -2.39. The van der Waals surface area contributed by atoms with Gasteiger partial charge in [0.25, 0.3) is 18.2 Å². The van der Waals surface area contributed by atoms with E-state index in [1.165, 1.54) is 65.7 Å². The van der Waals surface area contributed by atoms with Gasteiger partial charge in [0.15, 0.2) is 11.4 Å². The second-order valence-electron chi connectivity index (χ2n) is 21.5. The predicted octanol–water partition coefficient (Wildman–Crippen LogP) is 11.3. The Kier molecular flexibility index (Phi) is 14.9. The summed E-state index contributed by atoms with van der Waals surface area (Å²) in [5, 5.41) is 19.6. The lowest BCUT2D eigenvalue weighted by molar-refractivity contribution is 0.0680. The molecule has 386 valence electrons. The molecule has 3 aromatic carbocycles. The van der Waals surface area contributed by atoms with Crippen LogP contribution in [0.5, 0.6) is 0 Å². The van der Waals surface area contributed by atoms with Crippen LogP contribution in [0.15, 0.2) is 108 Å². The number of hydrogen-bond acceptors (Lipinski definition) is 10. The second kappa shape index (κ2) is 22.4. The monoisotopic (exact) mass is 1000 g/mol. The van der Waals surface area contributed by atoms with E-state index in [2.05, 4.69) is 107 Å². The van der Waals surface area contributed by atoms with Crippen LogP contribution in [-0.4, -0.2) is 90.9 Å². The normalized spacial score (nSPS) is 18.4. The molecule has 4 aromatic heterocycles. The Morgan fingerprint density at radius 2 is 1.51 bits per heavy atom. The molecule has 0 bridgehead atoms. The third-order valence-corrected chi connectivity index (χ3v) is 15.7. The molecule has 0 radical (unpaired) electrons. The number of amides is 2. The van der Waals surface area contributed by atoms with Crippen LogP contribution in [0.1, 0.15) is 121 Å². The molecule has 5 heterocycles. The Hall–Kier alpha value is -6.78. The molecule has 3 saturated carbocycles. The Morgan fingerprint density at radius 1 is 0.797 bits per heavy atom.